The Bertz CT molecular complexity index is 786. The van der Waals surface area contributed by atoms with Crippen molar-refractivity contribution < 1.29 is 4.79 Å². The molecule has 1 atom stereocenters. The van der Waals surface area contributed by atoms with E-state index in [1.54, 1.807) is 12.1 Å². The summed E-state index contributed by atoms with van der Waals surface area (Å²) in [6.07, 6.45) is 3.33. The maximum atomic E-state index is 12.4. The number of rotatable bonds is 6. The Morgan fingerprint density at radius 3 is 2.75 bits per heavy atom. The third-order valence-electron chi connectivity index (χ3n) is 3.81. The molecular formula is C18H19N5O. The van der Waals surface area contributed by atoms with E-state index in [2.05, 4.69) is 33.0 Å². The number of carbonyl (C=O) groups is 1. The molecule has 0 radical (unpaired) electrons. The third kappa shape index (κ3) is 4.04. The highest BCUT2D eigenvalue weighted by atomic mass is 16.1. The first-order valence-corrected chi connectivity index (χ1v) is 7.90. The van der Waals surface area contributed by atoms with Gasteiger partial charge in [0, 0.05) is 11.6 Å². The summed E-state index contributed by atoms with van der Waals surface area (Å²) in [6, 6.07) is 17.6. The Kier molecular flexibility index (Phi) is 4.96. The summed E-state index contributed by atoms with van der Waals surface area (Å²) in [5.74, 6) is -0.0921. The summed E-state index contributed by atoms with van der Waals surface area (Å²) in [5, 5.41) is 14.1. The van der Waals surface area contributed by atoms with E-state index in [4.69, 9.17) is 0 Å². The van der Waals surface area contributed by atoms with Gasteiger partial charge < -0.3 is 5.32 Å². The minimum Gasteiger partial charge on any atom is -0.350 e. The summed E-state index contributed by atoms with van der Waals surface area (Å²) in [5.41, 5.74) is 2.62. The molecule has 6 heteroatoms. The topological polar surface area (TPSA) is 72.7 Å². The molecule has 1 heterocycles. The minimum atomic E-state index is -0.0921. The van der Waals surface area contributed by atoms with E-state index in [-0.39, 0.29) is 11.9 Å². The van der Waals surface area contributed by atoms with Crippen LogP contribution in [0, 0.1) is 0 Å². The highest BCUT2D eigenvalue weighted by Crippen LogP contribution is 2.10. The fourth-order valence-corrected chi connectivity index (χ4v) is 2.48. The van der Waals surface area contributed by atoms with Crippen LogP contribution in [0.3, 0.4) is 0 Å². The van der Waals surface area contributed by atoms with Gasteiger partial charge in [-0.3, -0.25) is 4.79 Å². The molecule has 0 saturated heterocycles. The second-order valence-electron chi connectivity index (χ2n) is 5.70. The van der Waals surface area contributed by atoms with Gasteiger partial charge in [-0.05, 0) is 54.0 Å². The number of aromatic nitrogens is 4. The van der Waals surface area contributed by atoms with Gasteiger partial charge in [-0.2, -0.15) is 0 Å². The Balaban J connectivity index is 1.59. The van der Waals surface area contributed by atoms with Crippen molar-refractivity contribution in [2.75, 3.05) is 0 Å². The second-order valence-corrected chi connectivity index (χ2v) is 5.70. The molecule has 1 N–H and O–H groups in total. The predicted octanol–water partition coefficient (Wildman–Crippen LogP) is 2.41. The van der Waals surface area contributed by atoms with Crippen LogP contribution in [0.5, 0.6) is 0 Å². The highest BCUT2D eigenvalue weighted by molar-refractivity contribution is 5.94. The van der Waals surface area contributed by atoms with Crippen LogP contribution in [0.4, 0.5) is 0 Å². The molecule has 24 heavy (non-hydrogen) atoms. The average molecular weight is 321 g/mol. The lowest BCUT2D eigenvalue weighted by molar-refractivity contribution is 0.0938. The van der Waals surface area contributed by atoms with Crippen LogP contribution in [0.15, 0.2) is 60.9 Å². The van der Waals surface area contributed by atoms with Gasteiger partial charge >= 0.3 is 0 Å². The molecule has 1 unspecified atom stereocenters. The van der Waals surface area contributed by atoms with Crippen LogP contribution in [0.2, 0.25) is 0 Å². The average Bonchev–Trinajstić information content (AvgIpc) is 3.16. The molecule has 0 spiro atoms. The van der Waals surface area contributed by atoms with E-state index < -0.39 is 0 Å². The first kappa shape index (κ1) is 15.9. The number of benzene rings is 2. The number of amides is 1. The summed E-state index contributed by atoms with van der Waals surface area (Å²) >= 11 is 0. The Hall–Kier alpha value is -3.02. The van der Waals surface area contributed by atoms with Gasteiger partial charge in [0.15, 0.2) is 0 Å². The zero-order valence-corrected chi connectivity index (χ0v) is 13.5. The van der Waals surface area contributed by atoms with Crippen molar-refractivity contribution in [1.82, 2.24) is 25.5 Å². The number of hydrogen-bond donors (Lipinski definition) is 1. The van der Waals surface area contributed by atoms with Crippen LogP contribution in [0.25, 0.3) is 5.69 Å². The third-order valence-corrected chi connectivity index (χ3v) is 3.81. The van der Waals surface area contributed by atoms with Crippen molar-refractivity contribution in [2.45, 2.75) is 25.8 Å². The standard InChI is InChI=1S/C18H19N5O/c1-14(10-11-15-6-3-2-4-7-15)20-18(24)16-8-5-9-17(12-16)23-13-19-21-22-23/h2-9,12-14H,10-11H2,1H3,(H,20,24). The van der Waals surface area contributed by atoms with E-state index in [0.29, 0.717) is 5.56 Å². The van der Waals surface area contributed by atoms with E-state index in [0.717, 1.165) is 18.5 Å². The molecule has 0 aliphatic rings. The zero-order valence-electron chi connectivity index (χ0n) is 13.5. The van der Waals surface area contributed by atoms with Crippen molar-refractivity contribution in [1.29, 1.82) is 0 Å². The van der Waals surface area contributed by atoms with Crippen molar-refractivity contribution in [3.8, 4) is 5.69 Å². The van der Waals surface area contributed by atoms with E-state index in [1.807, 2.05) is 37.3 Å². The summed E-state index contributed by atoms with van der Waals surface area (Å²) in [4.78, 5) is 12.4. The molecule has 1 amide bonds. The molecular weight excluding hydrogens is 302 g/mol. The number of nitrogens with zero attached hydrogens (tertiary/aromatic N) is 4. The smallest absolute Gasteiger partial charge is 0.251 e. The van der Waals surface area contributed by atoms with Gasteiger partial charge in [0.1, 0.15) is 6.33 Å². The van der Waals surface area contributed by atoms with E-state index in [9.17, 15) is 4.79 Å². The summed E-state index contributed by atoms with van der Waals surface area (Å²) in [6.45, 7) is 2.02. The molecule has 0 aliphatic carbocycles. The van der Waals surface area contributed by atoms with Crippen molar-refractivity contribution >= 4 is 5.91 Å². The molecule has 0 bridgehead atoms. The lowest BCUT2D eigenvalue weighted by Gasteiger charge is -2.14. The monoisotopic (exact) mass is 321 g/mol. The van der Waals surface area contributed by atoms with E-state index >= 15 is 0 Å². The molecule has 2 aromatic carbocycles. The second kappa shape index (κ2) is 7.50. The minimum absolute atomic E-state index is 0.0920. The first-order valence-electron chi connectivity index (χ1n) is 7.90. The zero-order chi connectivity index (χ0) is 16.8. The van der Waals surface area contributed by atoms with Crippen molar-refractivity contribution in [3.05, 3.63) is 72.1 Å². The summed E-state index contributed by atoms with van der Waals surface area (Å²) < 4.78 is 1.52. The molecule has 0 saturated carbocycles. The predicted molar refractivity (Wildman–Crippen MR) is 90.8 cm³/mol. The van der Waals surface area contributed by atoms with Crippen LogP contribution in [-0.4, -0.2) is 32.2 Å². The lowest BCUT2D eigenvalue weighted by Crippen LogP contribution is -2.32. The fourth-order valence-electron chi connectivity index (χ4n) is 2.48. The SMILES string of the molecule is CC(CCc1ccccc1)NC(=O)c1cccc(-n2cnnn2)c1. The Morgan fingerprint density at radius 2 is 2.00 bits per heavy atom. The van der Waals surface area contributed by atoms with Crippen LogP contribution < -0.4 is 5.32 Å². The lowest BCUT2D eigenvalue weighted by atomic mass is 10.1. The molecule has 1 aromatic heterocycles. The highest BCUT2D eigenvalue weighted by Gasteiger charge is 2.11. The fraction of sp³-hybridized carbons (Fsp3) is 0.222. The quantitative estimate of drug-likeness (QED) is 0.757. The van der Waals surface area contributed by atoms with Crippen molar-refractivity contribution in [3.63, 3.8) is 0 Å². The molecule has 122 valence electrons. The van der Waals surface area contributed by atoms with Crippen molar-refractivity contribution in [2.24, 2.45) is 0 Å². The molecule has 3 rings (SSSR count). The number of aryl methyl sites for hydroxylation is 1. The normalized spacial score (nSPS) is 11.9. The molecule has 0 fully saturated rings. The van der Waals surface area contributed by atoms with Gasteiger partial charge in [-0.15, -0.1) is 5.10 Å². The van der Waals surface area contributed by atoms with Gasteiger partial charge in [-0.1, -0.05) is 36.4 Å². The molecule has 6 nitrogen and oxygen atoms in total. The van der Waals surface area contributed by atoms with E-state index in [1.165, 1.54) is 16.6 Å². The summed E-state index contributed by atoms with van der Waals surface area (Å²) in [7, 11) is 0. The Morgan fingerprint density at radius 1 is 1.17 bits per heavy atom. The van der Waals surface area contributed by atoms with Gasteiger partial charge in [0.25, 0.3) is 5.91 Å². The first-order chi connectivity index (χ1) is 11.7. The van der Waals surface area contributed by atoms with Gasteiger partial charge in [-0.25, -0.2) is 4.68 Å². The molecule has 3 aromatic rings. The maximum absolute atomic E-state index is 12.4. The van der Waals surface area contributed by atoms with Gasteiger partial charge in [0.2, 0.25) is 0 Å². The number of carbonyl (C=O) groups excluding carboxylic acids is 1. The largest absolute Gasteiger partial charge is 0.350 e. The number of hydrogen-bond acceptors (Lipinski definition) is 4. The molecule has 0 aliphatic heterocycles. The van der Waals surface area contributed by atoms with Crippen LogP contribution in [-0.2, 0) is 6.42 Å². The maximum Gasteiger partial charge on any atom is 0.251 e. The number of tetrazole rings is 1. The van der Waals surface area contributed by atoms with Crippen LogP contribution in [0.1, 0.15) is 29.3 Å². The van der Waals surface area contributed by atoms with Gasteiger partial charge in [0.05, 0.1) is 5.69 Å². The van der Waals surface area contributed by atoms with Crippen LogP contribution >= 0.6 is 0 Å². The number of nitrogens with one attached hydrogen (secondary N) is 1. The Labute approximate surface area is 140 Å².